The van der Waals surface area contributed by atoms with Crippen molar-refractivity contribution < 1.29 is 4.74 Å². The monoisotopic (exact) mass is 317 g/mol. The molecule has 1 fully saturated rings. The Morgan fingerprint density at radius 3 is 2.41 bits per heavy atom. The quantitative estimate of drug-likeness (QED) is 0.920. The number of thiophene rings is 1. The molecule has 0 aliphatic carbocycles. The first-order valence-corrected chi connectivity index (χ1v) is 8.56. The second-order valence-corrected chi connectivity index (χ2v) is 6.47. The summed E-state index contributed by atoms with van der Waals surface area (Å²) in [6.07, 6.45) is 0. The van der Waals surface area contributed by atoms with Crippen LogP contribution in [0, 0.1) is 0 Å². The highest BCUT2D eigenvalue weighted by Crippen LogP contribution is 2.27. The Morgan fingerprint density at radius 2 is 1.86 bits per heavy atom. The largest absolute Gasteiger partial charge is 0.497 e. The zero-order chi connectivity index (χ0) is 15.4. The van der Waals surface area contributed by atoms with Gasteiger partial charge in [0.2, 0.25) is 0 Å². The Balaban J connectivity index is 1.61. The van der Waals surface area contributed by atoms with Crippen molar-refractivity contribution in [3.8, 4) is 5.75 Å². The van der Waals surface area contributed by atoms with E-state index in [4.69, 9.17) is 10.5 Å². The number of benzene rings is 1. The topological polar surface area (TPSA) is 41.7 Å². The Morgan fingerprint density at radius 1 is 1.14 bits per heavy atom. The Hall–Kier alpha value is -1.56. The van der Waals surface area contributed by atoms with E-state index in [9.17, 15) is 0 Å². The molecule has 0 bridgehead atoms. The van der Waals surface area contributed by atoms with Crippen molar-refractivity contribution in [2.45, 2.75) is 6.04 Å². The van der Waals surface area contributed by atoms with Gasteiger partial charge < -0.3 is 15.4 Å². The highest BCUT2D eigenvalue weighted by Gasteiger charge is 2.24. The van der Waals surface area contributed by atoms with Gasteiger partial charge in [-0.1, -0.05) is 6.07 Å². The molecule has 1 atom stereocenters. The van der Waals surface area contributed by atoms with Crippen LogP contribution in [0.3, 0.4) is 0 Å². The predicted molar refractivity (Wildman–Crippen MR) is 92.9 cm³/mol. The van der Waals surface area contributed by atoms with Crippen LogP contribution < -0.4 is 15.4 Å². The predicted octanol–water partition coefficient (Wildman–Crippen LogP) is 2.58. The minimum Gasteiger partial charge on any atom is -0.497 e. The number of hydrogen-bond donors (Lipinski definition) is 1. The molecule has 3 rings (SSSR count). The molecule has 0 unspecified atom stereocenters. The van der Waals surface area contributed by atoms with Gasteiger partial charge in [-0.25, -0.2) is 0 Å². The lowest BCUT2D eigenvalue weighted by atomic mass is 10.1. The Labute approximate surface area is 136 Å². The minimum atomic E-state index is 0.359. The van der Waals surface area contributed by atoms with Gasteiger partial charge in [-0.3, -0.25) is 4.90 Å². The molecule has 2 aromatic rings. The number of hydrogen-bond acceptors (Lipinski definition) is 5. The summed E-state index contributed by atoms with van der Waals surface area (Å²) < 4.78 is 5.22. The van der Waals surface area contributed by atoms with E-state index in [1.807, 2.05) is 12.1 Å². The third-order valence-corrected chi connectivity index (χ3v) is 5.26. The van der Waals surface area contributed by atoms with Crippen LogP contribution in [-0.2, 0) is 0 Å². The van der Waals surface area contributed by atoms with Crippen LogP contribution in [0.2, 0.25) is 0 Å². The maximum absolute atomic E-state index is 6.01. The summed E-state index contributed by atoms with van der Waals surface area (Å²) in [6, 6.07) is 13.0. The molecule has 0 amide bonds. The molecule has 2 N–H and O–H groups in total. The standard InChI is InChI=1S/C17H23N3OS/c1-21-15-6-4-14(5-7-15)19-8-10-20(11-9-19)16(13-18)17-3-2-12-22-17/h2-7,12,16H,8-11,13,18H2,1H3/t16-/m1/s1. The first kappa shape index (κ1) is 15.3. The van der Waals surface area contributed by atoms with Crippen molar-refractivity contribution in [2.24, 2.45) is 5.73 Å². The number of rotatable bonds is 5. The second kappa shape index (κ2) is 7.13. The van der Waals surface area contributed by atoms with Crippen LogP contribution in [0.25, 0.3) is 0 Å². The highest BCUT2D eigenvalue weighted by atomic mass is 32.1. The maximum atomic E-state index is 6.01. The molecule has 1 aromatic heterocycles. The van der Waals surface area contributed by atoms with Crippen LogP contribution >= 0.6 is 11.3 Å². The third-order valence-electron chi connectivity index (χ3n) is 4.29. The second-order valence-electron chi connectivity index (χ2n) is 5.49. The zero-order valence-corrected chi connectivity index (χ0v) is 13.8. The van der Waals surface area contributed by atoms with Gasteiger partial charge in [0, 0.05) is 43.3 Å². The van der Waals surface area contributed by atoms with E-state index in [0.717, 1.165) is 31.9 Å². The molecule has 1 aromatic carbocycles. The van der Waals surface area contributed by atoms with Crippen molar-refractivity contribution in [1.82, 2.24) is 4.90 Å². The van der Waals surface area contributed by atoms with Gasteiger partial charge in [0.15, 0.2) is 0 Å². The van der Waals surface area contributed by atoms with E-state index in [0.29, 0.717) is 12.6 Å². The van der Waals surface area contributed by atoms with Crippen LogP contribution in [0.15, 0.2) is 41.8 Å². The van der Waals surface area contributed by atoms with E-state index in [1.54, 1.807) is 18.4 Å². The smallest absolute Gasteiger partial charge is 0.119 e. The summed E-state index contributed by atoms with van der Waals surface area (Å²) in [5.74, 6) is 0.906. The molecule has 118 valence electrons. The normalized spacial score (nSPS) is 17.5. The van der Waals surface area contributed by atoms with E-state index in [-0.39, 0.29) is 0 Å². The van der Waals surface area contributed by atoms with Crippen LogP contribution in [0.1, 0.15) is 10.9 Å². The molecular formula is C17H23N3OS. The SMILES string of the molecule is COc1ccc(N2CCN([C@H](CN)c3cccs3)CC2)cc1. The highest BCUT2D eigenvalue weighted by molar-refractivity contribution is 7.10. The lowest BCUT2D eigenvalue weighted by Gasteiger charge is -2.39. The van der Waals surface area contributed by atoms with E-state index in [1.165, 1.54) is 10.6 Å². The molecule has 1 aliphatic rings. The number of ether oxygens (including phenoxy) is 1. The lowest BCUT2D eigenvalue weighted by Crippen LogP contribution is -2.49. The number of nitrogens with two attached hydrogens (primary N) is 1. The lowest BCUT2D eigenvalue weighted by molar-refractivity contribution is 0.193. The molecule has 0 radical (unpaired) electrons. The maximum Gasteiger partial charge on any atom is 0.119 e. The van der Waals surface area contributed by atoms with Crippen molar-refractivity contribution in [3.63, 3.8) is 0 Å². The van der Waals surface area contributed by atoms with E-state index < -0.39 is 0 Å². The van der Waals surface area contributed by atoms with Gasteiger partial charge in [-0.2, -0.15) is 0 Å². The molecule has 1 saturated heterocycles. The van der Waals surface area contributed by atoms with Crippen molar-refractivity contribution >= 4 is 17.0 Å². The Bertz CT molecular complexity index is 562. The first-order chi connectivity index (χ1) is 10.8. The van der Waals surface area contributed by atoms with Gasteiger partial charge in [0.05, 0.1) is 13.2 Å². The summed E-state index contributed by atoms with van der Waals surface area (Å²) >= 11 is 1.80. The molecule has 22 heavy (non-hydrogen) atoms. The Kier molecular flexibility index (Phi) is 4.97. The summed E-state index contributed by atoms with van der Waals surface area (Å²) in [4.78, 5) is 6.31. The van der Waals surface area contributed by atoms with Crippen molar-refractivity contribution in [1.29, 1.82) is 0 Å². The first-order valence-electron chi connectivity index (χ1n) is 7.68. The van der Waals surface area contributed by atoms with Gasteiger partial charge >= 0.3 is 0 Å². The summed E-state index contributed by atoms with van der Waals surface area (Å²) in [5.41, 5.74) is 7.27. The van der Waals surface area contributed by atoms with Gasteiger partial charge in [0.1, 0.15) is 5.75 Å². The molecule has 2 heterocycles. The van der Waals surface area contributed by atoms with E-state index in [2.05, 4.69) is 39.4 Å². The van der Waals surface area contributed by atoms with Crippen LogP contribution in [-0.4, -0.2) is 44.7 Å². The molecule has 0 saturated carbocycles. The third kappa shape index (κ3) is 3.27. The average Bonchev–Trinajstić information content (AvgIpc) is 3.11. The fourth-order valence-electron chi connectivity index (χ4n) is 3.01. The van der Waals surface area contributed by atoms with Crippen LogP contribution in [0.5, 0.6) is 5.75 Å². The number of nitrogens with zero attached hydrogens (tertiary/aromatic N) is 2. The number of piperazine rings is 1. The van der Waals surface area contributed by atoms with Gasteiger partial charge in [0.25, 0.3) is 0 Å². The van der Waals surface area contributed by atoms with Crippen molar-refractivity contribution in [3.05, 3.63) is 46.7 Å². The van der Waals surface area contributed by atoms with Gasteiger partial charge in [-0.15, -0.1) is 11.3 Å². The zero-order valence-electron chi connectivity index (χ0n) is 12.9. The number of methoxy groups -OCH3 is 1. The summed E-state index contributed by atoms with van der Waals surface area (Å²) in [5, 5.41) is 2.13. The van der Waals surface area contributed by atoms with Gasteiger partial charge in [-0.05, 0) is 35.7 Å². The van der Waals surface area contributed by atoms with Crippen LogP contribution in [0.4, 0.5) is 5.69 Å². The molecule has 0 spiro atoms. The molecule has 5 heteroatoms. The fourth-order valence-corrected chi connectivity index (χ4v) is 3.88. The average molecular weight is 317 g/mol. The summed E-state index contributed by atoms with van der Waals surface area (Å²) in [7, 11) is 1.70. The summed E-state index contributed by atoms with van der Waals surface area (Å²) in [6.45, 7) is 4.85. The fraction of sp³-hybridized carbons (Fsp3) is 0.412. The minimum absolute atomic E-state index is 0.359. The molecule has 4 nitrogen and oxygen atoms in total. The molecular weight excluding hydrogens is 294 g/mol. The number of anilines is 1. The van der Waals surface area contributed by atoms with Crippen molar-refractivity contribution in [2.75, 3.05) is 44.7 Å². The van der Waals surface area contributed by atoms with E-state index >= 15 is 0 Å². The molecule has 1 aliphatic heterocycles.